The van der Waals surface area contributed by atoms with E-state index in [1.165, 1.54) is 19.2 Å². The first-order valence-electron chi connectivity index (χ1n) is 7.63. The fourth-order valence-electron chi connectivity index (χ4n) is 2.00. The maximum Gasteiger partial charge on any atom is 0.488 e. The molecule has 13 heteroatoms. The molecule has 1 aromatic rings. The molecule has 3 N–H and O–H groups in total. The van der Waals surface area contributed by atoms with E-state index >= 15 is 0 Å². The number of nitrogens with two attached hydrogens (primary N) is 1. The van der Waals surface area contributed by atoms with E-state index in [0.717, 1.165) is 4.57 Å². The number of nitrogens with zero attached hydrogens (tertiary/aromatic N) is 2. The van der Waals surface area contributed by atoms with Crippen LogP contribution < -0.4 is 11.4 Å². The van der Waals surface area contributed by atoms with E-state index in [-0.39, 0.29) is 19.0 Å². The number of aliphatic hydroxyl groups excluding tert-OH is 1. The number of nitrogen functional groups attached to an aromatic ring is 1. The Kier molecular flexibility index (Phi) is 7.10. The van der Waals surface area contributed by atoms with Crippen molar-refractivity contribution in [3.05, 3.63) is 22.7 Å². The number of hydrogen-bond donors (Lipinski definition) is 2. The SMILES string of the molecule is [B][P+]1(OCOC(C)=O)OC[C@H](C)O[C@@H](n2ccc(N)nc2=O)[C@@H](O)CO1. The highest BCUT2D eigenvalue weighted by Gasteiger charge is 2.43. The van der Waals surface area contributed by atoms with Crippen LogP contribution in [0.1, 0.15) is 20.1 Å². The first-order chi connectivity index (χ1) is 12.2. The van der Waals surface area contributed by atoms with E-state index in [9.17, 15) is 14.7 Å². The Balaban J connectivity index is 2.15. The lowest BCUT2D eigenvalue weighted by molar-refractivity contribution is -0.148. The fourth-order valence-corrected chi connectivity index (χ4v) is 3.21. The third kappa shape index (κ3) is 5.73. The van der Waals surface area contributed by atoms with Crippen molar-refractivity contribution in [3.63, 3.8) is 0 Å². The standard InChI is InChI=1S/C13H20BN3O8P/c1-8-5-22-26(14,24-7-21-9(2)18)23-6-10(19)12(25-8)17-4-3-11(15)16-13(17)20/h3-4,8,10,12,19H,5-7H2,1-2H3,(H2,15,16,20)/q+1/t8-,10-,12+,26?/m0/s1. The van der Waals surface area contributed by atoms with E-state index in [2.05, 4.69) is 9.72 Å². The Morgan fingerprint density at radius 1 is 1.54 bits per heavy atom. The maximum atomic E-state index is 12.0. The molecule has 2 heterocycles. The molecule has 2 rings (SSSR count). The topological polar surface area (TPSA) is 144 Å². The molecule has 1 aliphatic heterocycles. The zero-order valence-corrected chi connectivity index (χ0v) is 15.2. The van der Waals surface area contributed by atoms with Crippen molar-refractivity contribution >= 4 is 27.2 Å². The molecule has 1 aromatic heterocycles. The molecule has 1 saturated heterocycles. The van der Waals surface area contributed by atoms with Gasteiger partial charge in [0.25, 0.3) is 0 Å². The Hall–Kier alpha value is -1.56. The summed E-state index contributed by atoms with van der Waals surface area (Å²) in [6, 6.07) is 1.40. The molecule has 4 atom stereocenters. The molecule has 0 aliphatic carbocycles. The summed E-state index contributed by atoms with van der Waals surface area (Å²) in [5.74, 6) is -0.518. The molecule has 1 fully saturated rings. The average Bonchev–Trinajstić information content (AvgIpc) is 2.60. The highest BCUT2D eigenvalue weighted by atomic mass is 31.2. The van der Waals surface area contributed by atoms with Crippen LogP contribution in [0.2, 0.25) is 0 Å². The summed E-state index contributed by atoms with van der Waals surface area (Å²) in [6.45, 7) is 1.98. The number of ether oxygens (including phenoxy) is 2. The van der Waals surface area contributed by atoms with Crippen LogP contribution in [0.25, 0.3) is 0 Å². The second-order valence-corrected chi connectivity index (χ2v) is 7.32. The van der Waals surface area contributed by atoms with Crippen LogP contribution in [0.3, 0.4) is 0 Å². The monoisotopic (exact) mass is 388 g/mol. The summed E-state index contributed by atoms with van der Waals surface area (Å²) in [4.78, 5) is 26.4. The van der Waals surface area contributed by atoms with Crippen molar-refractivity contribution in [1.82, 2.24) is 9.55 Å². The van der Waals surface area contributed by atoms with Crippen LogP contribution in [0.5, 0.6) is 0 Å². The van der Waals surface area contributed by atoms with Crippen molar-refractivity contribution in [1.29, 1.82) is 0 Å². The van der Waals surface area contributed by atoms with Crippen LogP contribution in [0, 0.1) is 0 Å². The Bertz CT molecular complexity index is 692. The average molecular weight is 388 g/mol. The number of rotatable bonds is 4. The molecule has 0 amide bonds. The van der Waals surface area contributed by atoms with Gasteiger partial charge in [-0.3, -0.25) is 9.36 Å². The van der Waals surface area contributed by atoms with Gasteiger partial charge in [-0.2, -0.15) is 18.6 Å². The minimum atomic E-state index is -3.37. The number of hydrogen-bond acceptors (Lipinski definition) is 10. The summed E-state index contributed by atoms with van der Waals surface area (Å²) in [7, 11) is 2.56. The predicted molar refractivity (Wildman–Crippen MR) is 90.8 cm³/mol. The molecule has 26 heavy (non-hydrogen) atoms. The Labute approximate surface area is 151 Å². The zero-order valence-electron chi connectivity index (χ0n) is 14.3. The third-order valence-electron chi connectivity index (χ3n) is 3.24. The van der Waals surface area contributed by atoms with Crippen LogP contribution in [0.15, 0.2) is 17.1 Å². The van der Waals surface area contributed by atoms with Gasteiger partial charge in [0.15, 0.2) is 6.23 Å². The summed E-state index contributed by atoms with van der Waals surface area (Å²) in [5.41, 5.74) is 4.77. The Morgan fingerprint density at radius 2 is 2.23 bits per heavy atom. The van der Waals surface area contributed by atoms with Gasteiger partial charge in [0.2, 0.25) is 6.79 Å². The number of carbonyl (C=O) groups is 1. The van der Waals surface area contributed by atoms with Crippen molar-refractivity contribution in [2.75, 3.05) is 25.7 Å². The highest BCUT2D eigenvalue weighted by molar-refractivity contribution is 7.85. The normalized spacial score (nSPS) is 30.0. The molecule has 0 saturated carbocycles. The highest BCUT2D eigenvalue weighted by Crippen LogP contribution is 2.58. The largest absolute Gasteiger partial charge is 0.488 e. The number of aromatic nitrogens is 2. The molecule has 11 nitrogen and oxygen atoms in total. The number of carbonyl (C=O) groups excluding carboxylic acids is 1. The molecule has 0 aromatic carbocycles. The van der Waals surface area contributed by atoms with Gasteiger partial charge in [-0.15, -0.1) is 0 Å². The fraction of sp³-hybridized carbons (Fsp3) is 0.615. The van der Waals surface area contributed by atoms with E-state index in [1.807, 2.05) is 0 Å². The van der Waals surface area contributed by atoms with Gasteiger partial charge in [0.1, 0.15) is 25.1 Å². The second-order valence-electron chi connectivity index (χ2n) is 5.46. The van der Waals surface area contributed by atoms with Gasteiger partial charge in [0, 0.05) is 13.1 Å². The van der Waals surface area contributed by atoms with E-state index in [0.29, 0.717) is 0 Å². The van der Waals surface area contributed by atoms with Crippen LogP contribution in [0.4, 0.5) is 5.82 Å². The number of esters is 1. The molecule has 2 radical (unpaired) electrons. The lowest BCUT2D eigenvalue weighted by atomic mass is 10.3. The molecular weight excluding hydrogens is 368 g/mol. The van der Waals surface area contributed by atoms with Crippen LogP contribution >= 0.6 is 7.82 Å². The summed E-state index contributed by atoms with van der Waals surface area (Å²) in [6.07, 6.45) is -1.62. The third-order valence-corrected chi connectivity index (χ3v) is 4.72. The van der Waals surface area contributed by atoms with Gasteiger partial charge >= 0.3 is 27.0 Å². The van der Waals surface area contributed by atoms with Crippen LogP contribution in [-0.4, -0.2) is 60.4 Å². The van der Waals surface area contributed by atoms with Gasteiger partial charge in [-0.05, 0) is 13.0 Å². The number of aliphatic hydroxyl groups is 1. The van der Waals surface area contributed by atoms with Crippen molar-refractivity contribution in [2.24, 2.45) is 0 Å². The maximum absolute atomic E-state index is 12.0. The van der Waals surface area contributed by atoms with Crippen molar-refractivity contribution in [3.8, 4) is 0 Å². The first kappa shape index (κ1) is 20.8. The van der Waals surface area contributed by atoms with Crippen molar-refractivity contribution in [2.45, 2.75) is 32.3 Å². The van der Waals surface area contributed by atoms with Gasteiger partial charge in [-0.25, -0.2) is 4.79 Å². The molecule has 0 spiro atoms. The summed E-state index contributed by atoms with van der Waals surface area (Å²) >= 11 is 0. The van der Waals surface area contributed by atoms with Crippen LogP contribution in [-0.2, 0) is 27.8 Å². The first-order valence-corrected chi connectivity index (χ1v) is 9.24. The van der Waals surface area contributed by atoms with E-state index < -0.39 is 44.7 Å². The molecular formula is C13H20BN3O8P+. The molecule has 1 aliphatic rings. The zero-order chi connectivity index (χ0) is 19.3. The summed E-state index contributed by atoms with van der Waals surface area (Å²) in [5, 5.41) is 10.4. The number of anilines is 1. The van der Waals surface area contributed by atoms with Crippen molar-refractivity contribution < 1.29 is 32.9 Å². The van der Waals surface area contributed by atoms with E-state index in [1.54, 1.807) is 6.92 Å². The Morgan fingerprint density at radius 3 is 2.88 bits per heavy atom. The second kappa shape index (κ2) is 8.89. The molecule has 0 bridgehead atoms. The van der Waals surface area contributed by atoms with Gasteiger partial charge in [0.05, 0.1) is 6.10 Å². The molecule has 1 unspecified atom stereocenters. The molecule has 142 valence electrons. The van der Waals surface area contributed by atoms with Gasteiger partial charge in [-0.1, -0.05) is 0 Å². The predicted octanol–water partition coefficient (Wildman–Crippen LogP) is -0.480. The smallest absolute Gasteiger partial charge is 0.434 e. The minimum absolute atomic E-state index is 0.0437. The van der Waals surface area contributed by atoms with E-state index in [4.69, 9.17) is 31.6 Å². The summed E-state index contributed by atoms with van der Waals surface area (Å²) < 4.78 is 27.4. The van der Waals surface area contributed by atoms with Gasteiger partial charge < -0.3 is 20.3 Å². The quantitative estimate of drug-likeness (QED) is 0.300. The lowest BCUT2D eigenvalue weighted by Gasteiger charge is -2.25. The minimum Gasteiger partial charge on any atom is -0.434 e. The lowest BCUT2D eigenvalue weighted by Crippen LogP contribution is -2.39.